The van der Waals surface area contributed by atoms with Crippen LogP contribution in [0.2, 0.25) is 0 Å². The molecular weight excluding hydrogens is 414 g/mol. The summed E-state index contributed by atoms with van der Waals surface area (Å²) in [5.41, 5.74) is 3.14. The number of anilines is 3. The van der Waals surface area contributed by atoms with E-state index in [1.807, 2.05) is 78.9 Å². The molecule has 3 aromatic carbocycles. The molecule has 0 atom stereocenters. The predicted octanol–water partition coefficient (Wildman–Crippen LogP) is 5.84. The van der Waals surface area contributed by atoms with Crippen molar-refractivity contribution in [2.75, 3.05) is 22.5 Å². The SMILES string of the molecule is CCCCCC(=O)Nc1cccc(NCC(=O)Nc2ccccc2OCc2ccccc2)c1. The van der Waals surface area contributed by atoms with Crippen LogP contribution in [0.25, 0.3) is 0 Å². The first-order chi connectivity index (χ1) is 16.1. The number of carbonyl (C=O) groups excluding carboxylic acids is 2. The van der Waals surface area contributed by atoms with Crippen LogP contribution in [-0.4, -0.2) is 18.4 Å². The van der Waals surface area contributed by atoms with Gasteiger partial charge in [0.25, 0.3) is 0 Å². The average Bonchev–Trinajstić information content (AvgIpc) is 2.83. The molecule has 0 aromatic heterocycles. The molecule has 3 aromatic rings. The van der Waals surface area contributed by atoms with Gasteiger partial charge >= 0.3 is 0 Å². The Balaban J connectivity index is 1.50. The lowest BCUT2D eigenvalue weighted by Crippen LogP contribution is -2.22. The Kier molecular flexibility index (Phi) is 9.33. The molecule has 0 aliphatic rings. The highest BCUT2D eigenvalue weighted by Gasteiger charge is 2.09. The van der Waals surface area contributed by atoms with Crippen LogP contribution in [-0.2, 0) is 16.2 Å². The van der Waals surface area contributed by atoms with Gasteiger partial charge < -0.3 is 20.7 Å². The third-order valence-corrected chi connectivity index (χ3v) is 5.01. The third kappa shape index (κ3) is 8.33. The first-order valence-electron chi connectivity index (χ1n) is 11.3. The fourth-order valence-corrected chi connectivity index (χ4v) is 3.27. The number of hydrogen-bond donors (Lipinski definition) is 3. The van der Waals surface area contributed by atoms with Crippen molar-refractivity contribution in [3.8, 4) is 5.75 Å². The van der Waals surface area contributed by atoms with Crippen LogP contribution < -0.4 is 20.7 Å². The van der Waals surface area contributed by atoms with Crippen LogP contribution in [0.5, 0.6) is 5.75 Å². The molecule has 0 bridgehead atoms. The highest BCUT2D eigenvalue weighted by Crippen LogP contribution is 2.25. The summed E-state index contributed by atoms with van der Waals surface area (Å²) < 4.78 is 5.90. The van der Waals surface area contributed by atoms with Crippen LogP contribution in [0.15, 0.2) is 78.9 Å². The van der Waals surface area contributed by atoms with E-state index < -0.39 is 0 Å². The molecule has 3 N–H and O–H groups in total. The average molecular weight is 446 g/mol. The Morgan fingerprint density at radius 1 is 0.788 bits per heavy atom. The maximum atomic E-state index is 12.5. The molecular formula is C27H31N3O3. The molecule has 0 fully saturated rings. The number of carbonyl (C=O) groups is 2. The van der Waals surface area contributed by atoms with E-state index in [1.54, 1.807) is 0 Å². The molecule has 172 valence electrons. The van der Waals surface area contributed by atoms with E-state index in [0.29, 0.717) is 30.2 Å². The summed E-state index contributed by atoms with van der Waals surface area (Å²) in [4.78, 5) is 24.6. The number of para-hydroxylation sites is 2. The number of ether oxygens (including phenoxy) is 1. The second-order valence-corrected chi connectivity index (χ2v) is 7.76. The van der Waals surface area contributed by atoms with E-state index in [1.165, 1.54) is 0 Å². The molecule has 33 heavy (non-hydrogen) atoms. The van der Waals surface area contributed by atoms with Gasteiger partial charge in [0.1, 0.15) is 12.4 Å². The summed E-state index contributed by atoms with van der Waals surface area (Å²) in [6.45, 7) is 2.61. The van der Waals surface area contributed by atoms with Crippen molar-refractivity contribution < 1.29 is 14.3 Å². The van der Waals surface area contributed by atoms with E-state index in [2.05, 4.69) is 22.9 Å². The fourth-order valence-electron chi connectivity index (χ4n) is 3.27. The molecule has 0 saturated carbocycles. The molecule has 0 heterocycles. The standard InChI is InChI=1S/C27H31N3O3/c1-2-3-5-17-26(31)29-23-14-10-13-22(18-23)28-19-27(32)30-24-15-8-9-16-25(24)33-20-21-11-6-4-7-12-21/h4,6-16,18,28H,2-3,5,17,19-20H2,1H3,(H,29,31)(H,30,32). The van der Waals surface area contributed by atoms with Gasteiger partial charge in [-0.25, -0.2) is 0 Å². The maximum absolute atomic E-state index is 12.5. The number of rotatable bonds is 12. The van der Waals surface area contributed by atoms with Crippen molar-refractivity contribution in [1.82, 2.24) is 0 Å². The lowest BCUT2D eigenvalue weighted by atomic mass is 10.2. The predicted molar refractivity (Wildman–Crippen MR) is 134 cm³/mol. The van der Waals surface area contributed by atoms with Gasteiger partial charge in [-0.1, -0.05) is 68.3 Å². The van der Waals surface area contributed by atoms with Gasteiger partial charge in [-0.05, 0) is 42.3 Å². The highest BCUT2D eigenvalue weighted by atomic mass is 16.5. The van der Waals surface area contributed by atoms with Crippen LogP contribution in [0.1, 0.15) is 38.2 Å². The van der Waals surface area contributed by atoms with E-state index >= 15 is 0 Å². The second kappa shape index (κ2) is 12.9. The topological polar surface area (TPSA) is 79.5 Å². The smallest absolute Gasteiger partial charge is 0.243 e. The lowest BCUT2D eigenvalue weighted by Gasteiger charge is -2.13. The van der Waals surface area contributed by atoms with E-state index in [9.17, 15) is 9.59 Å². The normalized spacial score (nSPS) is 10.3. The number of amides is 2. The first kappa shape index (κ1) is 23.9. The van der Waals surface area contributed by atoms with Crippen molar-refractivity contribution in [3.63, 3.8) is 0 Å². The van der Waals surface area contributed by atoms with Crippen molar-refractivity contribution in [1.29, 1.82) is 0 Å². The minimum absolute atomic E-state index is 0.00505. The maximum Gasteiger partial charge on any atom is 0.243 e. The molecule has 3 rings (SSSR count). The summed E-state index contributed by atoms with van der Waals surface area (Å²) in [5.74, 6) is 0.424. The van der Waals surface area contributed by atoms with Gasteiger partial charge in [-0.2, -0.15) is 0 Å². The molecule has 0 saturated heterocycles. The number of unbranched alkanes of at least 4 members (excludes halogenated alkanes) is 2. The van der Waals surface area contributed by atoms with Gasteiger partial charge in [0, 0.05) is 17.8 Å². The van der Waals surface area contributed by atoms with Crippen molar-refractivity contribution >= 4 is 28.9 Å². The Bertz CT molecular complexity index is 1040. The van der Waals surface area contributed by atoms with Gasteiger partial charge in [-0.3, -0.25) is 9.59 Å². The van der Waals surface area contributed by atoms with Crippen LogP contribution in [0.4, 0.5) is 17.1 Å². The fraction of sp³-hybridized carbons (Fsp3) is 0.259. The van der Waals surface area contributed by atoms with Gasteiger partial charge in [0.2, 0.25) is 11.8 Å². The largest absolute Gasteiger partial charge is 0.487 e. The van der Waals surface area contributed by atoms with Crippen LogP contribution in [0, 0.1) is 0 Å². The summed E-state index contributed by atoms with van der Waals surface area (Å²) in [6.07, 6.45) is 3.53. The third-order valence-electron chi connectivity index (χ3n) is 5.01. The quantitative estimate of drug-likeness (QED) is 0.306. The molecule has 0 spiro atoms. The first-order valence-corrected chi connectivity index (χ1v) is 11.3. The number of hydrogen-bond acceptors (Lipinski definition) is 4. The van der Waals surface area contributed by atoms with Gasteiger partial charge in [-0.15, -0.1) is 0 Å². The zero-order valence-electron chi connectivity index (χ0n) is 19.0. The zero-order chi connectivity index (χ0) is 23.3. The Hall–Kier alpha value is -3.80. The van der Waals surface area contributed by atoms with E-state index in [4.69, 9.17) is 4.74 Å². The van der Waals surface area contributed by atoms with Gasteiger partial charge in [0.15, 0.2) is 0 Å². The Labute approximate surface area is 195 Å². The molecule has 2 amide bonds. The van der Waals surface area contributed by atoms with Crippen LogP contribution in [0.3, 0.4) is 0 Å². The van der Waals surface area contributed by atoms with Gasteiger partial charge in [0.05, 0.1) is 12.2 Å². The monoisotopic (exact) mass is 445 g/mol. The van der Waals surface area contributed by atoms with Crippen molar-refractivity contribution in [3.05, 3.63) is 84.4 Å². The molecule has 0 unspecified atom stereocenters. The lowest BCUT2D eigenvalue weighted by molar-refractivity contribution is -0.116. The Morgan fingerprint density at radius 2 is 1.55 bits per heavy atom. The minimum atomic E-state index is -0.195. The van der Waals surface area contributed by atoms with Crippen molar-refractivity contribution in [2.45, 2.75) is 39.2 Å². The summed E-state index contributed by atoms with van der Waals surface area (Å²) >= 11 is 0. The number of benzene rings is 3. The minimum Gasteiger partial charge on any atom is -0.487 e. The second-order valence-electron chi connectivity index (χ2n) is 7.76. The number of nitrogens with one attached hydrogen (secondary N) is 3. The molecule has 6 heteroatoms. The zero-order valence-corrected chi connectivity index (χ0v) is 19.0. The van der Waals surface area contributed by atoms with Crippen molar-refractivity contribution in [2.24, 2.45) is 0 Å². The Morgan fingerprint density at radius 3 is 2.36 bits per heavy atom. The van der Waals surface area contributed by atoms with E-state index in [-0.39, 0.29) is 18.4 Å². The molecule has 6 nitrogen and oxygen atoms in total. The van der Waals surface area contributed by atoms with E-state index in [0.717, 1.165) is 30.5 Å². The highest BCUT2D eigenvalue weighted by molar-refractivity contribution is 5.95. The molecule has 0 aliphatic heterocycles. The summed E-state index contributed by atoms with van der Waals surface area (Å²) in [6, 6.07) is 24.6. The summed E-state index contributed by atoms with van der Waals surface area (Å²) in [7, 11) is 0. The molecule has 0 aliphatic carbocycles. The molecule has 0 radical (unpaired) electrons. The summed E-state index contributed by atoms with van der Waals surface area (Å²) in [5, 5.41) is 8.91. The van der Waals surface area contributed by atoms with Crippen LogP contribution >= 0.6 is 0 Å².